The zero-order valence-electron chi connectivity index (χ0n) is 9.09. The number of β-amino-alcohol motifs (C(OH)–C–C–N with tert-alkyl or cyclic N) is 1. The van der Waals surface area contributed by atoms with Crippen LogP contribution in [0.1, 0.15) is 12.5 Å². The lowest BCUT2D eigenvalue weighted by atomic mass is 9.96. The van der Waals surface area contributed by atoms with Crippen molar-refractivity contribution < 1.29 is 10.0 Å². The number of nitro groups is 1. The predicted molar refractivity (Wildman–Crippen MR) is 59.0 cm³/mol. The molecule has 2 rings (SSSR count). The van der Waals surface area contributed by atoms with Gasteiger partial charge in [0.2, 0.25) is 0 Å². The van der Waals surface area contributed by atoms with Gasteiger partial charge in [0.15, 0.2) is 0 Å². The van der Waals surface area contributed by atoms with E-state index in [1.54, 1.807) is 19.1 Å². The number of rotatable bonds is 3. The lowest BCUT2D eigenvalue weighted by Gasteiger charge is -2.44. The summed E-state index contributed by atoms with van der Waals surface area (Å²) in [6.07, 6.45) is 0. The van der Waals surface area contributed by atoms with Crippen molar-refractivity contribution in [2.75, 3.05) is 13.1 Å². The summed E-state index contributed by atoms with van der Waals surface area (Å²) < 4.78 is 0. The van der Waals surface area contributed by atoms with Crippen molar-refractivity contribution >= 4 is 5.69 Å². The van der Waals surface area contributed by atoms with Crippen molar-refractivity contribution in [3.8, 4) is 0 Å². The van der Waals surface area contributed by atoms with Crippen molar-refractivity contribution in [3.05, 3.63) is 39.9 Å². The molecule has 1 aliphatic heterocycles. The minimum absolute atomic E-state index is 0.116. The first kappa shape index (κ1) is 11.0. The standard InChI is InChI=1S/C11H14N2O3/c1-11(14)7-12(8-11)6-9-3-2-4-10(5-9)13(15)16/h2-5,14H,6-8H2,1H3. The van der Waals surface area contributed by atoms with Crippen LogP contribution >= 0.6 is 0 Å². The van der Waals surface area contributed by atoms with E-state index in [-0.39, 0.29) is 5.69 Å². The maximum atomic E-state index is 10.6. The average Bonchev–Trinajstić information content (AvgIpc) is 2.15. The Balaban J connectivity index is 2.00. The number of likely N-dealkylation sites (tertiary alicyclic amines) is 1. The van der Waals surface area contributed by atoms with Crippen LogP contribution in [0.2, 0.25) is 0 Å². The van der Waals surface area contributed by atoms with Gasteiger partial charge in [0, 0.05) is 31.8 Å². The normalized spacial score (nSPS) is 19.1. The second-order valence-electron chi connectivity index (χ2n) is 4.57. The quantitative estimate of drug-likeness (QED) is 0.615. The lowest BCUT2D eigenvalue weighted by molar-refractivity contribution is -0.384. The van der Waals surface area contributed by atoms with E-state index < -0.39 is 10.5 Å². The molecule has 0 unspecified atom stereocenters. The van der Waals surface area contributed by atoms with E-state index in [1.807, 2.05) is 6.07 Å². The van der Waals surface area contributed by atoms with Gasteiger partial charge in [0.05, 0.1) is 10.5 Å². The monoisotopic (exact) mass is 222 g/mol. The topological polar surface area (TPSA) is 66.6 Å². The van der Waals surface area contributed by atoms with Gasteiger partial charge in [0.25, 0.3) is 5.69 Å². The summed E-state index contributed by atoms with van der Waals surface area (Å²) in [4.78, 5) is 12.2. The summed E-state index contributed by atoms with van der Waals surface area (Å²) in [6.45, 7) is 3.68. The molecule has 0 saturated carbocycles. The highest BCUT2D eigenvalue weighted by Gasteiger charge is 2.36. The molecule has 1 heterocycles. The molecule has 1 aromatic rings. The predicted octanol–water partition coefficient (Wildman–Crippen LogP) is 1.16. The summed E-state index contributed by atoms with van der Waals surface area (Å²) in [6, 6.07) is 6.61. The van der Waals surface area contributed by atoms with Gasteiger partial charge in [-0.15, -0.1) is 0 Å². The third kappa shape index (κ3) is 2.37. The molecule has 5 nitrogen and oxygen atoms in total. The largest absolute Gasteiger partial charge is 0.388 e. The van der Waals surface area contributed by atoms with Crippen LogP contribution in [-0.4, -0.2) is 33.6 Å². The number of benzene rings is 1. The van der Waals surface area contributed by atoms with Crippen LogP contribution < -0.4 is 0 Å². The van der Waals surface area contributed by atoms with Gasteiger partial charge in [0.1, 0.15) is 0 Å². The Morgan fingerprint density at radius 3 is 2.81 bits per heavy atom. The van der Waals surface area contributed by atoms with E-state index in [0.717, 1.165) is 5.56 Å². The molecule has 1 fully saturated rings. The first-order valence-corrected chi connectivity index (χ1v) is 5.14. The summed E-state index contributed by atoms with van der Waals surface area (Å²) in [7, 11) is 0. The molecule has 1 saturated heterocycles. The number of non-ortho nitro benzene ring substituents is 1. The number of hydrogen-bond donors (Lipinski definition) is 1. The van der Waals surface area contributed by atoms with Crippen LogP contribution in [0.3, 0.4) is 0 Å². The smallest absolute Gasteiger partial charge is 0.269 e. The molecule has 1 aliphatic rings. The van der Waals surface area contributed by atoms with Crippen molar-refractivity contribution in [1.82, 2.24) is 4.90 Å². The van der Waals surface area contributed by atoms with Crippen LogP contribution in [0.4, 0.5) is 5.69 Å². The Morgan fingerprint density at radius 2 is 2.25 bits per heavy atom. The average molecular weight is 222 g/mol. The van der Waals surface area contributed by atoms with Crippen LogP contribution in [0.25, 0.3) is 0 Å². The van der Waals surface area contributed by atoms with Crippen molar-refractivity contribution in [1.29, 1.82) is 0 Å². The summed E-state index contributed by atoms with van der Waals surface area (Å²) in [5.74, 6) is 0. The summed E-state index contributed by atoms with van der Waals surface area (Å²) >= 11 is 0. The Hall–Kier alpha value is -1.46. The highest BCUT2D eigenvalue weighted by atomic mass is 16.6. The number of aliphatic hydroxyl groups is 1. The summed E-state index contributed by atoms with van der Waals surface area (Å²) in [5.41, 5.74) is 0.426. The number of hydrogen-bond acceptors (Lipinski definition) is 4. The SMILES string of the molecule is CC1(O)CN(Cc2cccc([N+](=O)[O-])c2)C1. The van der Waals surface area contributed by atoms with Gasteiger partial charge in [-0.05, 0) is 12.5 Å². The zero-order chi connectivity index (χ0) is 11.8. The van der Waals surface area contributed by atoms with Crippen LogP contribution in [0.5, 0.6) is 0 Å². The van der Waals surface area contributed by atoms with E-state index in [9.17, 15) is 15.2 Å². The van der Waals surface area contributed by atoms with Gasteiger partial charge in [-0.25, -0.2) is 0 Å². The first-order valence-electron chi connectivity index (χ1n) is 5.14. The second kappa shape index (κ2) is 3.84. The third-order valence-corrected chi connectivity index (χ3v) is 2.66. The molecule has 0 amide bonds. The van der Waals surface area contributed by atoms with Crippen LogP contribution in [0.15, 0.2) is 24.3 Å². The molecule has 0 spiro atoms. The van der Waals surface area contributed by atoms with Crippen LogP contribution in [-0.2, 0) is 6.54 Å². The Labute approximate surface area is 93.5 Å². The van der Waals surface area contributed by atoms with Gasteiger partial charge < -0.3 is 5.11 Å². The fourth-order valence-electron chi connectivity index (χ4n) is 2.06. The Kier molecular flexibility index (Phi) is 2.65. The third-order valence-electron chi connectivity index (χ3n) is 2.66. The van der Waals surface area contributed by atoms with E-state index >= 15 is 0 Å². The van der Waals surface area contributed by atoms with E-state index in [1.165, 1.54) is 6.07 Å². The van der Waals surface area contributed by atoms with E-state index in [0.29, 0.717) is 19.6 Å². The molecule has 16 heavy (non-hydrogen) atoms. The van der Waals surface area contributed by atoms with Gasteiger partial charge >= 0.3 is 0 Å². The molecular formula is C11H14N2O3. The molecular weight excluding hydrogens is 208 g/mol. The molecule has 1 N–H and O–H groups in total. The maximum absolute atomic E-state index is 10.6. The molecule has 0 aliphatic carbocycles. The van der Waals surface area contributed by atoms with Crippen molar-refractivity contribution in [2.24, 2.45) is 0 Å². The highest BCUT2D eigenvalue weighted by Crippen LogP contribution is 2.23. The molecule has 86 valence electrons. The number of nitrogens with zero attached hydrogens (tertiary/aromatic N) is 2. The first-order chi connectivity index (χ1) is 7.46. The minimum atomic E-state index is -0.597. The minimum Gasteiger partial charge on any atom is -0.388 e. The van der Waals surface area contributed by atoms with Gasteiger partial charge in [-0.1, -0.05) is 12.1 Å². The molecule has 0 aromatic heterocycles. The fourth-order valence-corrected chi connectivity index (χ4v) is 2.06. The maximum Gasteiger partial charge on any atom is 0.269 e. The van der Waals surface area contributed by atoms with E-state index in [2.05, 4.69) is 4.90 Å². The molecule has 0 bridgehead atoms. The summed E-state index contributed by atoms with van der Waals surface area (Å²) in [5, 5.41) is 20.1. The fraction of sp³-hybridized carbons (Fsp3) is 0.455. The van der Waals surface area contributed by atoms with Crippen molar-refractivity contribution in [3.63, 3.8) is 0 Å². The Bertz CT molecular complexity index is 409. The van der Waals surface area contributed by atoms with Gasteiger partial charge in [-0.2, -0.15) is 0 Å². The van der Waals surface area contributed by atoms with Crippen LogP contribution in [0, 0.1) is 10.1 Å². The van der Waals surface area contributed by atoms with Crippen molar-refractivity contribution in [2.45, 2.75) is 19.1 Å². The lowest BCUT2D eigenvalue weighted by Crippen LogP contribution is -2.59. The zero-order valence-corrected chi connectivity index (χ0v) is 9.09. The second-order valence-corrected chi connectivity index (χ2v) is 4.57. The highest BCUT2D eigenvalue weighted by molar-refractivity contribution is 5.34. The molecule has 0 radical (unpaired) electrons. The van der Waals surface area contributed by atoms with Gasteiger partial charge in [-0.3, -0.25) is 15.0 Å². The molecule has 0 atom stereocenters. The molecule has 5 heteroatoms. The van der Waals surface area contributed by atoms with E-state index in [4.69, 9.17) is 0 Å². The Morgan fingerprint density at radius 1 is 1.56 bits per heavy atom. The number of nitro benzene ring substituents is 1. The molecule has 1 aromatic carbocycles.